The van der Waals surface area contributed by atoms with E-state index in [1.54, 1.807) is 18.6 Å². The molecule has 2 amide bonds. The van der Waals surface area contributed by atoms with Crippen LogP contribution in [-0.2, 0) is 4.74 Å². The van der Waals surface area contributed by atoms with E-state index >= 15 is 0 Å². The average molecular weight is 867 g/mol. The molecule has 16 nitrogen and oxygen atoms in total. The van der Waals surface area contributed by atoms with E-state index in [-0.39, 0.29) is 11.8 Å². The molecule has 8 heterocycles. The summed E-state index contributed by atoms with van der Waals surface area (Å²) in [5.74, 6) is 0.974. The zero-order valence-corrected chi connectivity index (χ0v) is 35.8. The number of pyridine rings is 2. The van der Waals surface area contributed by atoms with Crippen molar-refractivity contribution < 1.29 is 18.9 Å². The predicted octanol–water partition coefficient (Wildman–Crippen LogP) is 6.89. The van der Waals surface area contributed by atoms with Crippen LogP contribution in [0.1, 0.15) is 46.7 Å². The molecule has 8 aromatic rings. The minimum atomic E-state index is -0.0336. The van der Waals surface area contributed by atoms with Crippen LogP contribution >= 0.6 is 0 Å². The third-order valence-corrected chi connectivity index (χ3v) is 12.7. The highest BCUT2D eigenvalue weighted by Crippen LogP contribution is 2.28. The van der Waals surface area contributed by atoms with Crippen LogP contribution in [0, 0.1) is 0 Å². The molecular formula is C49H48N13O3+. The van der Waals surface area contributed by atoms with Crippen molar-refractivity contribution in [2.45, 2.75) is 31.7 Å². The number of aromatic nitrogens is 8. The second kappa shape index (κ2) is 17.5. The van der Waals surface area contributed by atoms with Gasteiger partial charge in [-0.15, -0.1) is 0 Å². The topological polar surface area (TPSA) is 177 Å². The normalized spacial score (nSPS) is 16.1. The Morgan fingerprint density at radius 3 is 1.98 bits per heavy atom. The number of morpholine rings is 1. The van der Waals surface area contributed by atoms with Gasteiger partial charge in [-0.3, -0.25) is 24.5 Å². The second-order valence-corrected chi connectivity index (χ2v) is 16.8. The molecule has 16 heteroatoms. The molecule has 6 aromatic heterocycles. The van der Waals surface area contributed by atoms with Gasteiger partial charge < -0.3 is 29.8 Å². The van der Waals surface area contributed by atoms with Crippen LogP contribution in [0.25, 0.3) is 50.3 Å². The molecule has 2 saturated heterocycles. The smallest absolute Gasteiger partial charge is 0.378 e. The third-order valence-electron chi connectivity index (χ3n) is 12.7. The molecule has 4 N–H and O–H groups in total. The first-order chi connectivity index (χ1) is 32.0. The standard InChI is InChI=1S/C49H47N13O3/c63-46(60-21-19-59(20-22-60)36-5-1-2-6-36)44-30-33-28-35(9-12-39(33)55-44)54-49-58-43(40-7-3-4-16-50-40)15-18-62(49)37-10-13-41(52-31-37)42-14-17-51-48(57-42)53-34-8-11-38-32(27-34)29-45(56-38)47(64)61-23-25-65-26-24-61/h3-4,7-18,27-31,36H,1-2,5-6,19-26H2,(H3,50,51,52,53,54,55,56,57,58,63,64)/p+1. The maximum absolute atomic E-state index is 13.7. The van der Waals surface area contributed by atoms with Gasteiger partial charge in [0.15, 0.2) is 5.69 Å². The SMILES string of the molecule is O=C(c1cc2cc(Nc3nccc(-c4ccc(-[n+]5ccc(-c6ccccn6)nc5Nc5ccc6[nH]c(C(=O)N7CCN(C8CCCC8)CC7)cc6c5)cn4)n3)ccc2[nH]1)N1CCOCC1. The molecule has 326 valence electrons. The van der Waals surface area contributed by atoms with E-state index < -0.39 is 0 Å². The van der Waals surface area contributed by atoms with E-state index in [2.05, 4.69) is 35.5 Å². The number of nitrogens with one attached hydrogen (secondary N) is 4. The van der Waals surface area contributed by atoms with E-state index in [1.165, 1.54) is 25.7 Å². The van der Waals surface area contributed by atoms with Crippen molar-refractivity contribution in [2.75, 3.05) is 63.1 Å². The Morgan fingerprint density at radius 2 is 1.31 bits per heavy atom. The number of piperazine rings is 1. The van der Waals surface area contributed by atoms with E-state index in [0.29, 0.717) is 72.7 Å². The number of carbonyl (C=O) groups excluding carboxylic acids is 2. The highest BCUT2D eigenvalue weighted by Gasteiger charge is 2.29. The number of H-pyrrole nitrogens is 2. The van der Waals surface area contributed by atoms with E-state index in [9.17, 15) is 9.59 Å². The highest BCUT2D eigenvalue weighted by atomic mass is 16.5. The van der Waals surface area contributed by atoms with E-state index in [0.717, 1.165) is 70.7 Å². The van der Waals surface area contributed by atoms with Crippen LogP contribution < -0.4 is 15.2 Å². The molecular weight excluding hydrogens is 819 g/mol. The second-order valence-electron chi connectivity index (χ2n) is 16.8. The van der Waals surface area contributed by atoms with Crippen LogP contribution in [0.5, 0.6) is 0 Å². The molecule has 1 saturated carbocycles. The number of fused-ring (bicyclic) bond motifs is 2. The van der Waals surface area contributed by atoms with Crippen molar-refractivity contribution in [1.29, 1.82) is 0 Å². The maximum Gasteiger partial charge on any atom is 0.402 e. The zero-order valence-electron chi connectivity index (χ0n) is 35.8. The van der Waals surface area contributed by atoms with Crippen molar-refractivity contribution in [2.24, 2.45) is 0 Å². The summed E-state index contributed by atoms with van der Waals surface area (Å²) in [4.78, 5) is 63.4. The Balaban J connectivity index is 0.812. The summed E-state index contributed by atoms with van der Waals surface area (Å²) in [7, 11) is 0. The van der Waals surface area contributed by atoms with Crippen LogP contribution in [0.4, 0.5) is 23.3 Å². The van der Waals surface area contributed by atoms with Gasteiger partial charge >= 0.3 is 5.95 Å². The summed E-state index contributed by atoms with van der Waals surface area (Å²) in [5.41, 5.74) is 8.03. The molecule has 3 fully saturated rings. The minimum absolute atomic E-state index is 0.0336. The number of ether oxygens (including phenoxy) is 1. The Bertz CT molecular complexity index is 3000. The van der Waals surface area contributed by atoms with Crippen molar-refractivity contribution in [3.8, 4) is 28.5 Å². The average Bonchev–Trinajstić information content (AvgIpc) is 4.16. The number of rotatable bonds is 10. The van der Waals surface area contributed by atoms with Crippen LogP contribution in [-0.4, -0.2) is 120 Å². The van der Waals surface area contributed by atoms with Crippen molar-refractivity contribution in [3.05, 3.63) is 127 Å². The number of amides is 2. The van der Waals surface area contributed by atoms with Crippen molar-refractivity contribution >= 4 is 56.9 Å². The lowest BCUT2D eigenvalue weighted by atomic mass is 10.1. The summed E-state index contributed by atoms with van der Waals surface area (Å²) in [6.07, 6.45) is 12.4. The van der Waals surface area contributed by atoms with E-state index in [1.807, 2.05) is 112 Å². The van der Waals surface area contributed by atoms with Crippen LogP contribution in [0.15, 0.2) is 116 Å². The lowest BCUT2D eigenvalue weighted by Crippen LogP contribution is -2.51. The molecule has 0 atom stereocenters. The summed E-state index contributed by atoms with van der Waals surface area (Å²) >= 11 is 0. The van der Waals surface area contributed by atoms with Gasteiger partial charge in [0.05, 0.1) is 42.7 Å². The number of hydrogen-bond acceptors (Lipinski definition) is 11. The van der Waals surface area contributed by atoms with Gasteiger partial charge in [0.1, 0.15) is 22.8 Å². The first-order valence-corrected chi connectivity index (χ1v) is 22.3. The lowest BCUT2D eigenvalue weighted by Gasteiger charge is -2.37. The van der Waals surface area contributed by atoms with Gasteiger partial charge in [-0.05, 0) is 91.7 Å². The Labute approximate surface area is 374 Å². The van der Waals surface area contributed by atoms with Gasteiger partial charge in [0.25, 0.3) is 11.8 Å². The number of benzene rings is 2. The summed E-state index contributed by atoms with van der Waals surface area (Å²) in [6, 6.07) is 29.7. The number of carbonyl (C=O) groups is 2. The van der Waals surface area contributed by atoms with Crippen molar-refractivity contribution in [3.63, 3.8) is 0 Å². The van der Waals surface area contributed by atoms with Gasteiger partial charge in [0, 0.05) is 91.3 Å². The molecule has 11 rings (SSSR count). The fourth-order valence-electron chi connectivity index (χ4n) is 9.19. The van der Waals surface area contributed by atoms with Crippen molar-refractivity contribution in [1.82, 2.24) is 49.6 Å². The minimum Gasteiger partial charge on any atom is -0.378 e. The molecule has 65 heavy (non-hydrogen) atoms. The fraction of sp³-hybridized carbons (Fsp3) is 0.265. The lowest BCUT2D eigenvalue weighted by molar-refractivity contribution is -0.583. The maximum atomic E-state index is 13.7. The first kappa shape index (κ1) is 40.2. The highest BCUT2D eigenvalue weighted by molar-refractivity contribution is 6.00. The largest absolute Gasteiger partial charge is 0.402 e. The molecule has 0 unspecified atom stereocenters. The predicted molar refractivity (Wildman–Crippen MR) is 247 cm³/mol. The van der Waals surface area contributed by atoms with Gasteiger partial charge in [-0.25, -0.2) is 19.9 Å². The molecule has 1 aliphatic carbocycles. The molecule has 3 aliphatic rings. The molecule has 2 aliphatic heterocycles. The molecule has 0 spiro atoms. The third kappa shape index (κ3) is 8.48. The number of nitrogens with zero attached hydrogens (tertiary/aromatic N) is 9. The van der Waals surface area contributed by atoms with Gasteiger partial charge in [0.2, 0.25) is 5.95 Å². The Kier molecular flexibility index (Phi) is 10.9. The Morgan fingerprint density at radius 1 is 0.631 bits per heavy atom. The molecule has 0 bridgehead atoms. The summed E-state index contributed by atoms with van der Waals surface area (Å²) in [5, 5.41) is 8.68. The van der Waals surface area contributed by atoms with Crippen LogP contribution in [0.3, 0.4) is 0 Å². The number of aromatic amines is 2. The molecule has 0 radical (unpaired) electrons. The quantitative estimate of drug-likeness (QED) is 0.105. The molecule has 2 aromatic carbocycles. The Hall–Kier alpha value is -7.56. The zero-order chi connectivity index (χ0) is 43.7. The monoisotopic (exact) mass is 866 g/mol. The van der Waals surface area contributed by atoms with E-state index in [4.69, 9.17) is 19.7 Å². The number of hydrogen-bond donors (Lipinski definition) is 4. The summed E-state index contributed by atoms with van der Waals surface area (Å²) in [6.45, 7) is 5.62. The fourth-order valence-corrected chi connectivity index (χ4v) is 9.19. The van der Waals surface area contributed by atoms with Crippen LogP contribution in [0.2, 0.25) is 0 Å². The van der Waals surface area contributed by atoms with Gasteiger partial charge in [-0.1, -0.05) is 23.9 Å². The summed E-state index contributed by atoms with van der Waals surface area (Å²) < 4.78 is 7.35. The number of anilines is 4. The first-order valence-electron chi connectivity index (χ1n) is 22.3. The van der Waals surface area contributed by atoms with Gasteiger partial charge in [-0.2, -0.15) is 0 Å².